The van der Waals surface area contributed by atoms with Crippen molar-refractivity contribution in [1.82, 2.24) is 20.1 Å². The number of hydrogen-bond acceptors (Lipinski definition) is 4. The zero-order valence-corrected chi connectivity index (χ0v) is 13.0. The molecule has 2 aromatic heterocycles. The summed E-state index contributed by atoms with van der Waals surface area (Å²) >= 11 is 1.73. The highest BCUT2D eigenvalue weighted by atomic mass is 32.1. The molecule has 2 heterocycles. The largest absolute Gasteiger partial charge is 0.312 e. The van der Waals surface area contributed by atoms with Gasteiger partial charge in [0.2, 0.25) is 0 Å². The third-order valence-electron chi connectivity index (χ3n) is 3.23. The van der Waals surface area contributed by atoms with Gasteiger partial charge in [-0.2, -0.15) is 5.10 Å². The minimum atomic E-state index is 0.846. The lowest BCUT2D eigenvalue weighted by Gasteiger charge is -2.02. The molecule has 4 nitrogen and oxygen atoms in total. The predicted molar refractivity (Wildman–Crippen MR) is 87.1 cm³/mol. The van der Waals surface area contributed by atoms with Gasteiger partial charge < -0.3 is 5.32 Å². The maximum absolute atomic E-state index is 4.84. The average Bonchev–Trinajstić information content (AvgIpc) is 3.12. The third kappa shape index (κ3) is 3.04. The van der Waals surface area contributed by atoms with Gasteiger partial charge in [-0.15, -0.1) is 11.3 Å². The van der Waals surface area contributed by atoms with Gasteiger partial charge in [0, 0.05) is 35.8 Å². The van der Waals surface area contributed by atoms with Crippen molar-refractivity contribution in [2.24, 2.45) is 7.05 Å². The molecule has 0 fully saturated rings. The molecular weight excluding hydrogens is 280 g/mol. The van der Waals surface area contributed by atoms with Gasteiger partial charge in [0.05, 0.1) is 11.9 Å². The summed E-state index contributed by atoms with van der Waals surface area (Å²) in [5.41, 5.74) is 3.31. The van der Waals surface area contributed by atoms with Crippen LogP contribution in [-0.2, 0) is 13.6 Å². The van der Waals surface area contributed by atoms with E-state index >= 15 is 0 Å². The topological polar surface area (TPSA) is 42.7 Å². The lowest BCUT2D eigenvalue weighted by Crippen LogP contribution is -2.11. The number of hydrogen-bond donors (Lipinski definition) is 1. The molecule has 3 rings (SSSR count). The zero-order chi connectivity index (χ0) is 14.7. The molecule has 0 amide bonds. The van der Waals surface area contributed by atoms with E-state index in [-0.39, 0.29) is 0 Å². The molecule has 5 heteroatoms. The molecule has 0 aliphatic carbocycles. The first-order chi connectivity index (χ1) is 10.3. The monoisotopic (exact) mass is 298 g/mol. The highest BCUT2D eigenvalue weighted by Crippen LogP contribution is 2.33. The zero-order valence-electron chi connectivity index (χ0n) is 12.2. The molecule has 1 aromatic carbocycles. The van der Waals surface area contributed by atoms with Crippen molar-refractivity contribution < 1.29 is 0 Å². The van der Waals surface area contributed by atoms with E-state index in [0.717, 1.165) is 34.9 Å². The van der Waals surface area contributed by atoms with Gasteiger partial charge in [-0.3, -0.25) is 4.68 Å². The van der Waals surface area contributed by atoms with Crippen LogP contribution in [0.5, 0.6) is 0 Å². The van der Waals surface area contributed by atoms with E-state index in [1.54, 1.807) is 11.3 Å². The van der Waals surface area contributed by atoms with E-state index in [2.05, 4.69) is 41.6 Å². The average molecular weight is 298 g/mol. The number of thiazole rings is 1. The van der Waals surface area contributed by atoms with Crippen LogP contribution in [0.3, 0.4) is 0 Å². The normalized spacial score (nSPS) is 11.0. The van der Waals surface area contributed by atoms with Crippen LogP contribution >= 0.6 is 11.3 Å². The maximum Gasteiger partial charge on any atom is 0.127 e. The predicted octanol–water partition coefficient (Wildman–Crippen LogP) is 3.32. The standard InChI is InChI=1S/C16H18N4S/c1-3-17-10-14-15(12-7-5-4-6-8-12)19-16(21-14)13-9-18-20(2)11-13/h4-9,11,17H,3,10H2,1-2H3. The van der Waals surface area contributed by atoms with Gasteiger partial charge in [-0.1, -0.05) is 37.3 Å². The fraction of sp³-hybridized carbons (Fsp3) is 0.250. The minimum Gasteiger partial charge on any atom is -0.312 e. The summed E-state index contributed by atoms with van der Waals surface area (Å²) in [6, 6.07) is 10.3. The SMILES string of the molecule is CCNCc1sc(-c2cnn(C)c2)nc1-c1ccccc1. The summed E-state index contributed by atoms with van der Waals surface area (Å²) in [6.07, 6.45) is 3.87. The number of rotatable bonds is 5. The lowest BCUT2D eigenvalue weighted by molar-refractivity contribution is 0.735. The lowest BCUT2D eigenvalue weighted by atomic mass is 10.1. The van der Waals surface area contributed by atoms with Crippen LogP contribution in [0, 0.1) is 0 Å². The van der Waals surface area contributed by atoms with E-state index in [1.807, 2.05) is 30.2 Å². The van der Waals surface area contributed by atoms with Crippen molar-refractivity contribution in [2.45, 2.75) is 13.5 Å². The summed E-state index contributed by atoms with van der Waals surface area (Å²) in [5, 5.41) is 8.65. The molecular formula is C16H18N4S. The van der Waals surface area contributed by atoms with Crippen LogP contribution < -0.4 is 5.32 Å². The highest BCUT2D eigenvalue weighted by Gasteiger charge is 2.14. The van der Waals surface area contributed by atoms with E-state index in [4.69, 9.17) is 4.98 Å². The first-order valence-electron chi connectivity index (χ1n) is 7.02. The second kappa shape index (κ2) is 6.20. The maximum atomic E-state index is 4.84. The Labute approximate surface area is 128 Å². The second-order valence-electron chi connectivity index (χ2n) is 4.84. The molecule has 0 radical (unpaired) electrons. The molecule has 3 aromatic rings. The Bertz CT molecular complexity index is 715. The van der Waals surface area contributed by atoms with Gasteiger partial charge in [0.1, 0.15) is 5.01 Å². The Kier molecular flexibility index (Phi) is 4.13. The van der Waals surface area contributed by atoms with E-state index in [0.29, 0.717) is 0 Å². The third-order valence-corrected chi connectivity index (χ3v) is 4.34. The van der Waals surface area contributed by atoms with Crippen molar-refractivity contribution in [1.29, 1.82) is 0 Å². The molecule has 21 heavy (non-hydrogen) atoms. The fourth-order valence-electron chi connectivity index (χ4n) is 2.19. The molecule has 0 aliphatic heterocycles. The highest BCUT2D eigenvalue weighted by molar-refractivity contribution is 7.15. The van der Waals surface area contributed by atoms with Gasteiger partial charge in [-0.05, 0) is 6.54 Å². The van der Waals surface area contributed by atoms with Gasteiger partial charge in [0.25, 0.3) is 0 Å². The van der Waals surface area contributed by atoms with E-state index in [9.17, 15) is 0 Å². The van der Waals surface area contributed by atoms with Gasteiger partial charge in [-0.25, -0.2) is 4.98 Å². The number of aromatic nitrogens is 3. The molecule has 0 spiro atoms. The van der Waals surface area contributed by atoms with Crippen LogP contribution in [0.15, 0.2) is 42.7 Å². The molecule has 0 unspecified atom stereocenters. The van der Waals surface area contributed by atoms with Gasteiger partial charge in [0.15, 0.2) is 0 Å². The van der Waals surface area contributed by atoms with Crippen LogP contribution in [-0.4, -0.2) is 21.3 Å². The molecule has 0 atom stereocenters. The number of aryl methyl sites for hydroxylation is 1. The summed E-state index contributed by atoms with van der Waals surface area (Å²) in [7, 11) is 1.93. The van der Waals surface area contributed by atoms with Crippen LogP contribution in [0.25, 0.3) is 21.8 Å². The summed E-state index contributed by atoms with van der Waals surface area (Å²) in [6.45, 7) is 3.91. The van der Waals surface area contributed by atoms with Crippen molar-refractivity contribution >= 4 is 11.3 Å². The molecule has 0 saturated carbocycles. The smallest absolute Gasteiger partial charge is 0.127 e. The summed E-state index contributed by atoms with van der Waals surface area (Å²) < 4.78 is 1.81. The minimum absolute atomic E-state index is 0.846. The number of benzene rings is 1. The fourth-order valence-corrected chi connectivity index (χ4v) is 3.21. The molecule has 108 valence electrons. The first kappa shape index (κ1) is 14.0. The Morgan fingerprint density at radius 1 is 1.19 bits per heavy atom. The Morgan fingerprint density at radius 2 is 2.00 bits per heavy atom. The van der Waals surface area contributed by atoms with Crippen LogP contribution in [0.2, 0.25) is 0 Å². The Hall–Kier alpha value is -1.98. The van der Waals surface area contributed by atoms with E-state index < -0.39 is 0 Å². The summed E-state index contributed by atoms with van der Waals surface area (Å²) in [4.78, 5) is 6.11. The second-order valence-corrected chi connectivity index (χ2v) is 5.92. The van der Waals surface area contributed by atoms with E-state index in [1.165, 1.54) is 4.88 Å². The van der Waals surface area contributed by atoms with Crippen molar-refractivity contribution in [3.05, 3.63) is 47.6 Å². The molecule has 0 saturated heterocycles. The van der Waals surface area contributed by atoms with Crippen LogP contribution in [0.1, 0.15) is 11.8 Å². The summed E-state index contributed by atoms with van der Waals surface area (Å²) in [5.74, 6) is 0. The van der Waals surface area contributed by atoms with Crippen molar-refractivity contribution in [3.8, 4) is 21.8 Å². The molecule has 0 aliphatic rings. The van der Waals surface area contributed by atoms with Crippen LogP contribution in [0.4, 0.5) is 0 Å². The Balaban J connectivity index is 2.03. The molecule has 1 N–H and O–H groups in total. The number of nitrogens with zero attached hydrogens (tertiary/aromatic N) is 3. The number of nitrogens with one attached hydrogen (secondary N) is 1. The van der Waals surface area contributed by atoms with Crippen molar-refractivity contribution in [3.63, 3.8) is 0 Å². The first-order valence-corrected chi connectivity index (χ1v) is 7.84. The quantitative estimate of drug-likeness (QED) is 0.786. The van der Waals surface area contributed by atoms with Crippen molar-refractivity contribution in [2.75, 3.05) is 6.54 Å². The van der Waals surface area contributed by atoms with Gasteiger partial charge >= 0.3 is 0 Å². The Morgan fingerprint density at radius 3 is 2.67 bits per heavy atom. The molecule has 0 bridgehead atoms.